The molecule has 2 aliphatic rings. The van der Waals surface area contributed by atoms with Gasteiger partial charge in [-0.05, 0) is 24.7 Å². The van der Waals surface area contributed by atoms with Crippen LogP contribution in [-0.4, -0.2) is 71.6 Å². The Kier molecular flexibility index (Phi) is 6.66. The molecule has 2 rings (SSSR count). The van der Waals surface area contributed by atoms with Gasteiger partial charge in [-0.1, -0.05) is 20.8 Å². The summed E-state index contributed by atoms with van der Waals surface area (Å²) >= 11 is 0. The van der Waals surface area contributed by atoms with Gasteiger partial charge in [0, 0.05) is 32.5 Å². The van der Waals surface area contributed by atoms with Gasteiger partial charge in [0.2, 0.25) is 11.8 Å². The van der Waals surface area contributed by atoms with E-state index in [0.717, 1.165) is 32.4 Å². The van der Waals surface area contributed by atoms with Crippen LogP contribution < -0.4 is 0 Å². The van der Waals surface area contributed by atoms with Crippen LogP contribution >= 0.6 is 0 Å². The molecule has 0 bridgehead atoms. The number of amides is 2. The SMILES string of the molecule is COC(=O)C1CC(O)CN1C(=O)C(CC(=O)N1CCCCC1)C(C)(C)C. The Bertz CT molecular complexity index is 537. The van der Waals surface area contributed by atoms with E-state index in [1.165, 1.54) is 12.0 Å². The fourth-order valence-corrected chi connectivity index (χ4v) is 3.83. The van der Waals surface area contributed by atoms with Crippen LogP contribution in [0.3, 0.4) is 0 Å². The number of hydrogen-bond donors (Lipinski definition) is 1. The van der Waals surface area contributed by atoms with Crippen LogP contribution in [0.15, 0.2) is 0 Å². The van der Waals surface area contributed by atoms with Crippen molar-refractivity contribution in [1.82, 2.24) is 9.80 Å². The minimum absolute atomic E-state index is 0.00709. The van der Waals surface area contributed by atoms with Crippen molar-refractivity contribution >= 4 is 17.8 Å². The smallest absolute Gasteiger partial charge is 0.328 e. The molecule has 0 aromatic heterocycles. The first-order valence-electron chi connectivity index (χ1n) is 9.49. The van der Waals surface area contributed by atoms with Crippen molar-refractivity contribution in [3.05, 3.63) is 0 Å². The minimum atomic E-state index is -0.780. The molecule has 2 amide bonds. The van der Waals surface area contributed by atoms with E-state index in [1.54, 1.807) is 0 Å². The third-order valence-electron chi connectivity index (χ3n) is 5.47. The first-order chi connectivity index (χ1) is 12.1. The summed E-state index contributed by atoms with van der Waals surface area (Å²) in [5, 5.41) is 9.96. The first-order valence-corrected chi connectivity index (χ1v) is 9.49. The van der Waals surface area contributed by atoms with Crippen molar-refractivity contribution in [2.45, 2.75) is 65.0 Å². The quantitative estimate of drug-likeness (QED) is 0.753. The monoisotopic (exact) mass is 368 g/mol. The molecule has 1 N–H and O–H groups in total. The number of ether oxygens (including phenoxy) is 1. The highest BCUT2D eigenvalue weighted by Gasteiger charge is 2.45. The molecule has 0 spiro atoms. The van der Waals surface area contributed by atoms with E-state index >= 15 is 0 Å². The molecule has 3 atom stereocenters. The summed E-state index contributed by atoms with van der Waals surface area (Å²) in [6.07, 6.45) is 2.70. The Labute approximate surface area is 155 Å². The summed E-state index contributed by atoms with van der Waals surface area (Å²) in [5.74, 6) is -1.33. The highest BCUT2D eigenvalue weighted by molar-refractivity contribution is 5.90. The third-order valence-corrected chi connectivity index (χ3v) is 5.47. The van der Waals surface area contributed by atoms with Gasteiger partial charge in [0.1, 0.15) is 6.04 Å². The van der Waals surface area contributed by atoms with Crippen molar-refractivity contribution in [1.29, 1.82) is 0 Å². The number of piperidine rings is 1. The molecule has 2 heterocycles. The van der Waals surface area contributed by atoms with Gasteiger partial charge >= 0.3 is 5.97 Å². The predicted molar refractivity (Wildman–Crippen MR) is 96.1 cm³/mol. The number of rotatable bonds is 4. The maximum Gasteiger partial charge on any atom is 0.328 e. The van der Waals surface area contributed by atoms with Crippen molar-refractivity contribution in [3.63, 3.8) is 0 Å². The van der Waals surface area contributed by atoms with Crippen molar-refractivity contribution in [3.8, 4) is 0 Å². The lowest BCUT2D eigenvalue weighted by Gasteiger charge is -2.36. The standard InChI is InChI=1S/C19H32N2O5/c1-19(2,3)14(11-16(23)20-8-6-5-7-9-20)17(24)21-12-13(22)10-15(21)18(25)26-4/h13-15,22H,5-12H2,1-4H3. The molecule has 0 saturated carbocycles. The topological polar surface area (TPSA) is 87.1 Å². The normalized spacial score (nSPS) is 25.1. The van der Waals surface area contributed by atoms with Crippen LogP contribution in [0, 0.1) is 11.3 Å². The molecular formula is C19H32N2O5. The summed E-state index contributed by atoms with van der Waals surface area (Å²) in [6, 6.07) is -0.780. The average Bonchev–Trinajstić information content (AvgIpc) is 2.99. The molecule has 148 valence electrons. The number of likely N-dealkylation sites (tertiary alicyclic amines) is 2. The summed E-state index contributed by atoms with van der Waals surface area (Å²) in [5.41, 5.74) is -0.434. The molecule has 0 aromatic rings. The van der Waals surface area contributed by atoms with Gasteiger partial charge in [0.05, 0.1) is 19.1 Å². The zero-order valence-electron chi connectivity index (χ0n) is 16.4. The molecule has 7 heteroatoms. The van der Waals surface area contributed by atoms with Gasteiger partial charge in [0.15, 0.2) is 0 Å². The second-order valence-electron chi connectivity index (χ2n) is 8.48. The molecule has 26 heavy (non-hydrogen) atoms. The third kappa shape index (κ3) is 4.75. The van der Waals surface area contributed by atoms with Crippen LogP contribution in [-0.2, 0) is 19.1 Å². The molecule has 2 aliphatic heterocycles. The fraction of sp³-hybridized carbons (Fsp3) is 0.842. The maximum absolute atomic E-state index is 13.2. The van der Waals surface area contributed by atoms with Gasteiger partial charge in [-0.15, -0.1) is 0 Å². The van der Waals surface area contributed by atoms with Gasteiger partial charge in [-0.2, -0.15) is 0 Å². The number of nitrogens with zero attached hydrogens (tertiary/aromatic N) is 2. The summed E-state index contributed by atoms with van der Waals surface area (Å²) < 4.78 is 4.79. The summed E-state index contributed by atoms with van der Waals surface area (Å²) in [7, 11) is 1.27. The van der Waals surface area contributed by atoms with E-state index in [-0.39, 0.29) is 31.2 Å². The predicted octanol–water partition coefficient (Wildman–Crippen LogP) is 1.19. The number of carbonyl (C=O) groups excluding carboxylic acids is 3. The summed E-state index contributed by atoms with van der Waals surface area (Å²) in [6.45, 7) is 7.38. The van der Waals surface area contributed by atoms with E-state index in [9.17, 15) is 19.5 Å². The second kappa shape index (κ2) is 8.37. The van der Waals surface area contributed by atoms with Gasteiger partial charge in [-0.3, -0.25) is 9.59 Å². The first kappa shape index (κ1) is 20.7. The van der Waals surface area contributed by atoms with Gasteiger partial charge < -0.3 is 19.6 Å². The number of β-amino-alcohol motifs (C(OH)–C–C–N with tert-alkyl or cyclic N) is 1. The van der Waals surface area contributed by atoms with Crippen molar-refractivity contribution < 1.29 is 24.2 Å². The lowest BCUT2D eigenvalue weighted by atomic mass is 9.77. The van der Waals surface area contributed by atoms with Gasteiger partial charge in [0.25, 0.3) is 0 Å². The lowest BCUT2D eigenvalue weighted by molar-refractivity contribution is -0.155. The Morgan fingerprint density at radius 3 is 2.31 bits per heavy atom. The van der Waals surface area contributed by atoms with Crippen LogP contribution in [0.4, 0.5) is 0 Å². The number of methoxy groups -OCH3 is 1. The van der Waals surface area contributed by atoms with E-state index < -0.39 is 29.4 Å². The van der Waals surface area contributed by atoms with E-state index in [4.69, 9.17) is 4.74 Å². The molecule has 0 aliphatic carbocycles. The largest absolute Gasteiger partial charge is 0.467 e. The fourth-order valence-electron chi connectivity index (χ4n) is 3.83. The second-order valence-corrected chi connectivity index (χ2v) is 8.48. The molecule has 3 unspecified atom stereocenters. The van der Waals surface area contributed by atoms with Crippen molar-refractivity contribution in [2.24, 2.45) is 11.3 Å². The zero-order chi connectivity index (χ0) is 19.5. The molecule has 2 fully saturated rings. The average molecular weight is 368 g/mol. The minimum Gasteiger partial charge on any atom is -0.467 e. The van der Waals surface area contributed by atoms with Gasteiger partial charge in [-0.25, -0.2) is 4.79 Å². The highest BCUT2D eigenvalue weighted by atomic mass is 16.5. The number of carbonyl (C=O) groups is 3. The number of hydrogen-bond acceptors (Lipinski definition) is 5. The molecular weight excluding hydrogens is 336 g/mol. The van der Waals surface area contributed by atoms with Crippen LogP contribution in [0.2, 0.25) is 0 Å². The Balaban J connectivity index is 2.16. The van der Waals surface area contributed by atoms with Crippen LogP contribution in [0.5, 0.6) is 0 Å². The Morgan fingerprint density at radius 2 is 1.77 bits per heavy atom. The number of aliphatic hydroxyl groups excluding tert-OH is 1. The highest BCUT2D eigenvalue weighted by Crippen LogP contribution is 2.34. The lowest BCUT2D eigenvalue weighted by Crippen LogP contribution is -2.49. The molecule has 0 radical (unpaired) electrons. The molecule has 0 aromatic carbocycles. The van der Waals surface area contributed by atoms with Crippen LogP contribution in [0.1, 0.15) is 52.9 Å². The maximum atomic E-state index is 13.2. The summed E-state index contributed by atoms with van der Waals surface area (Å²) in [4.78, 5) is 41.2. The molecule has 7 nitrogen and oxygen atoms in total. The van der Waals surface area contributed by atoms with E-state index in [0.29, 0.717) is 0 Å². The zero-order valence-corrected chi connectivity index (χ0v) is 16.4. The Morgan fingerprint density at radius 1 is 1.15 bits per heavy atom. The van der Waals surface area contributed by atoms with E-state index in [1.807, 2.05) is 25.7 Å². The molecule has 2 saturated heterocycles. The van der Waals surface area contributed by atoms with Crippen molar-refractivity contribution in [2.75, 3.05) is 26.7 Å². The Hall–Kier alpha value is -1.63. The van der Waals surface area contributed by atoms with E-state index in [2.05, 4.69) is 0 Å². The number of aliphatic hydroxyl groups is 1. The number of esters is 1. The van der Waals surface area contributed by atoms with Crippen LogP contribution in [0.25, 0.3) is 0 Å².